The van der Waals surface area contributed by atoms with Crippen LogP contribution in [0.5, 0.6) is 17.2 Å². The molecule has 1 aromatic carbocycles. The summed E-state index contributed by atoms with van der Waals surface area (Å²) in [5.41, 5.74) is 3.15. The van der Waals surface area contributed by atoms with E-state index in [1.54, 1.807) is 24.4 Å². The summed E-state index contributed by atoms with van der Waals surface area (Å²) in [7, 11) is 4.60. The van der Waals surface area contributed by atoms with Gasteiger partial charge in [-0.05, 0) is 18.2 Å². The van der Waals surface area contributed by atoms with E-state index >= 15 is 0 Å². The molecule has 0 bridgehead atoms. The molecule has 1 amide bonds. The van der Waals surface area contributed by atoms with Crippen molar-refractivity contribution < 1.29 is 19.0 Å². The van der Waals surface area contributed by atoms with Crippen LogP contribution in [0, 0.1) is 0 Å². The van der Waals surface area contributed by atoms with Crippen molar-refractivity contribution in [3.63, 3.8) is 0 Å². The predicted octanol–water partition coefficient (Wildman–Crippen LogP) is 1.74. The fraction of sp³-hybridized carbons (Fsp3) is 0.250. The van der Waals surface area contributed by atoms with Crippen molar-refractivity contribution in [1.82, 2.24) is 15.4 Å². The summed E-state index contributed by atoms with van der Waals surface area (Å²) in [6.07, 6.45) is 4.55. The SMILES string of the molecule is COc1cc(/C=N/NC(=O)CSc2ccncn2)cc(OC)c1OC. The third-order valence-corrected chi connectivity index (χ3v) is 3.94. The highest BCUT2D eigenvalue weighted by molar-refractivity contribution is 7.99. The van der Waals surface area contributed by atoms with Crippen molar-refractivity contribution in [3.05, 3.63) is 36.3 Å². The summed E-state index contributed by atoms with van der Waals surface area (Å²) >= 11 is 1.30. The van der Waals surface area contributed by atoms with Crippen LogP contribution in [0.25, 0.3) is 0 Å². The Balaban J connectivity index is 1.96. The molecule has 0 radical (unpaired) electrons. The van der Waals surface area contributed by atoms with Crippen LogP contribution >= 0.6 is 11.8 Å². The zero-order valence-corrected chi connectivity index (χ0v) is 14.9. The van der Waals surface area contributed by atoms with Crippen molar-refractivity contribution in [1.29, 1.82) is 0 Å². The first-order valence-electron chi connectivity index (χ1n) is 7.18. The maximum absolute atomic E-state index is 11.8. The summed E-state index contributed by atoms with van der Waals surface area (Å²) < 4.78 is 15.8. The van der Waals surface area contributed by atoms with E-state index in [1.165, 1.54) is 45.6 Å². The number of nitrogens with zero attached hydrogens (tertiary/aromatic N) is 3. The van der Waals surface area contributed by atoms with E-state index in [9.17, 15) is 4.79 Å². The van der Waals surface area contributed by atoms with Gasteiger partial charge in [0.1, 0.15) is 6.33 Å². The lowest BCUT2D eigenvalue weighted by molar-refractivity contribution is -0.118. The van der Waals surface area contributed by atoms with Gasteiger partial charge in [0.05, 0.1) is 38.3 Å². The molecule has 2 aromatic rings. The summed E-state index contributed by atoms with van der Waals surface area (Å²) in [4.78, 5) is 19.6. The third kappa shape index (κ3) is 5.35. The minimum Gasteiger partial charge on any atom is -0.493 e. The van der Waals surface area contributed by atoms with Crippen molar-refractivity contribution in [2.75, 3.05) is 27.1 Å². The molecule has 132 valence electrons. The molecule has 0 saturated heterocycles. The molecule has 0 fully saturated rings. The number of thioether (sulfide) groups is 1. The molecule has 1 aromatic heterocycles. The van der Waals surface area contributed by atoms with Crippen LogP contribution in [-0.2, 0) is 4.79 Å². The zero-order chi connectivity index (χ0) is 18.1. The van der Waals surface area contributed by atoms with Crippen LogP contribution < -0.4 is 19.6 Å². The Morgan fingerprint density at radius 2 is 1.96 bits per heavy atom. The predicted molar refractivity (Wildman–Crippen MR) is 94.6 cm³/mol. The lowest BCUT2D eigenvalue weighted by Crippen LogP contribution is -2.19. The van der Waals surface area contributed by atoms with Gasteiger partial charge >= 0.3 is 0 Å². The van der Waals surface area contributed by atoms with E-state index in [2.05, 4.69) is 20.5 Å². The maximum atomic E-state index is 11.8. The summed E-state index contributed by atoms with van der Waals surface area (Å²) in [6, 6.07) is 5.19. The van der Waals surface area contributed by atoms with E-state index in [-0.39, 0.29) is 11.7 Å². The van der Waals surface area contributed by atoms with Crippen LogP contribution in [0.15, 0.2) is 40.9 Å². The second-order valence-electron chi connectivity index (χ2n) is 4.59. The number of ether oxygens (including phenoxy) is 3. The van der Waals surface area contributed by atoms with Crippen molar-refractivity contribution in [3.8, 4) is 17.2 Å². The lowest BCUT2D eigenvalue weighted by atomic mass is 10.2. The molecule has 1 N–H and O–H groups in total. The molecule has 25 heavy (non-hydrogen) atoms. The largest absolute Gasteiger partial charge is 0.493 e. The fourth-order valence-corrected chi connectivity index (χ4v) is 2.51. The van der Waals surface area contributed by atoms with Gasteiger partial charge in [-0.3, -0.25) is 4.79 Å². The summed E-state index contributed by atoms with van der Waals surface area (Å²) in [6.45, 7) is 0. The van der Waals surface area contributed by atoms with Gasteiger partial charge in [0, 0.05) is 11.8 Å². The molecule has 9 heteroatoms. The standard InChI is InChI=1S/C16H18N4O4S/c1-22-12-6-11(7-13(23-2)16(12)24-3)8-19-20-14(21)9-25-15-4-5-17-10-18-15/h4-8,10H,9H2,1-3H3,(H,20,21)/b19-8+. The Labute approximate surface area is 149 Å². The second kappa shape index (κ2) is 9.48. The Morgan fingerprint density at radius 3 is 2.52 bits per heavy atom. The number of nitrogens with one attached hydrogen (secondary N) is 1. The van der Waals surface area contributed by atoms with E-state index in [0.717, 1.165) is 5.03 Å². The molecule has 0 aliphatic carbocycles. The fourth-order valence-electron chi connectivity index (χ4n) is 1.89. The minimum atomic E-state index is -0.243. The third-order valence-electron chi connectivity index (χ3n) is 3.00. The normalized spacial score (nSPS) is 10.5. The van der Waals surface area contributed by atoms with Gasteiger partial charge in [0.15, 0.2) is 11.5 Å². The Bertz CT molecular complexity index is 715. The number of rotatable bonds is 8. The minimum absolute atomic E-state index is 0.198. The molecule has 0 atom stereocenters. The molecule has 8 nitrogen and oxygen atoms in total. The van der Waals surface area contributed by atoms with Gasteiger partial charge in [-0.15, -0.1) is 0 Å². The number of hydrogen-bond acceptors (Lipinski definition) is 8. The van der Waals surface area contributed by atoms with Crippen LogP contribution in [0.4, 0.5) is 0 Å². The van der Waals surface area contributed by atoms with E-state index in [1.807, 2.05) is 0 Å². The Hall–Kier alpha value is -2.81. The lowest BCUT2D eigenvalue weighted by Gasteiger charge is -2.12. The number of hydrogen-bond donors (Lipinski definition) is 1. The number of amides is 1. The molecule has 0 unspecified atom stereocenters. The molecule has 0 aliphatic rings. The Kier molecular flexibility index (Phi) is 7.02. The average Bonchev–Trinajstić information content (AvgIpc) is 2.66. The van der Waals surface area contributed by atoms with Crippen LogP contribution in [0.3, 0.4) is 0 Å². The number of aromatic nitrogens is 2. The molecule has 0 spiro atoms. The molecule has 2 rings (SSSR count). The van der Waals surface area contributed by atoms with Crippen LogP contribution in [-0.4, -0.2) is 49.2 Å². The van der Waals surface area contributed by atoms with Gasteiger partial charge in [0.2, 0.25) is 11.7 Å². The monoisotopic (exact) mass is 362 g/mol. The molecule has 1 heterocycles. The van der Waals surface area contributed by atoms with E-state index in [0.29, 0.717) is 22.8 Å². The van der Waals surface area contributed by atoms with Gasteiger partial charge in [-0.1, -0.05) is 11.8 Å². The number of carbonyl (C=O) groups is 1. The highest BCUT2D eigenvalue weighted by Crippen LogP contribution is 2.37. The topological polar surface area (TPSA) is 94.9 Å². The number of carbonyl (C=O) groups excluding carboxylic acids is 1. The molecule has 0 saturated carbocycles. The summed E-state index contributed by atoms with van der Waals surface area (Å²) in [5, 5.41) is 4.66. The second-order valence-corrected chi connectivity index (χ2v) is 5.58. The highest BCUT2D eigenvalue weighted by atomic mass is 32.2. The maximum Gasteiger partial charge on any atom is 0.250 e. The highest BCUT2D eigenvalue weighted by Gasteiger charge is 2.12. The van der Waals surface area contributed by atoms with E-state index in [4.69, 9.17) is 14.2 Å². The van der Waals surface area contributed by atoms with Crippen molar-refractivity contribution in [2.45, 2.75) is 5.03 Å². The molecular formula is C16H18N4O4S. The average molecular weight is 362 g/mol. The molecule has 0 aliphatic heterocycles. The Morgan fingerprint density at radius 1 is 1.24 bits per heavy atom. The van der Waals surface area contributed by atoms with Crippen LogP contribution in [0.1, 0.15) is 5.56 Å². The number of benzene rings is 1. The number of hydrazone groups is 1. The molecular weight excluding hydrogens is 344 g/mol. The first kappa shape index (κ1) is 18.5. The van der Waals surface area contributed by atoms with Gasteiger partial charge < -0.3 is 14.2 Å². The van der Waals surface area contributed by atoms with Gasteiger partial charge in [-0.2, -0.15) is 5.10 Å². The van der Waals surface area contributed by atoms with Gasteiger partial charge in [-0.25, -0.2) is 15.4 Å². The van der Waals surface area contributed by atoms with Crippen molar-refractivity contribution in [2.24, 2.45) is 5.10 Å². The summed E-state index contributed by atoms with van der Waals surface area (Å²) in [5.74, 6) is 1.46. The smallest absolute Gasteiger partial charge is 0.250 e. The van der Waals surface area contributed by atoms with Crippen molar-refractivity contribution >= 4 is 23.9 Å². The van der Waals surface area contributed by atoms with Gasteiger partial charge in [0.25, 0.3) is 0 Å². The zero-order valence-electron chi connectivity index (χ0n) is 14.1. The van der Waals surface area contributed by atoms with Crippen LogP contribution in [0.2, 0.25) is 0 Å². The first-order valence-corrected chi connectivity index (χ1v) is 8.17. The quantitative estimate of drug-likeness (QED) is 0.331. The number of methoxy groups -OCH3 is 3. The first-order chi connectivity index (χ1) is 12.2. The van der Waals surface area contributed by atoms with E-state index < -0.39 is 0 Å².